The maximum Gasteiger partial charge on any atom is 0.261 e. The van der Waals surface area contributed by atoms with E-state index < -0.39 is 20.5 Å². The predicted molar refractivity (Wildman–Crippen MR) is 178 cm³/mol. The number of hydrogen-bond donors (Lipinski definition) is 2. The minimum atomic E-state index is -2.81. The van der Waals surface area contributed by atoms with Crippen LogP contribution in [0.5, 0.6) is 5.75 Å². The Hall–Kier alpha value is -4.09. The Bertz CT molecular complexity index is 1670. The SMILES string of the molecule is COc1ccc(CO[C@H]2C(O)[C@@H](CO[Si](c3ccccc3)(c3ccccc3)C(C)(C)C)C[C@H]2n2cnc3c(N)ncnc32)cc1. The number of nitrogens with zero attached hydrogens (tertiary/aromatic N) is 4. The molecule has 0 radical (unpaired) electrons. The van der Waals surface area contributed by atoms with Crippen LogP contribution in [-0.2, 0) is 15.8 Å². The van der Waals surface area contributed by atoms with Gasteiger partial charge in [0.05, 0.1) is 32.2 Å². The smallest absolute Gasteiger partial charge is 0.261 e. The largest absolute Gasteiger partial charge is 0.497 e. The lowest BCUT2D eigenvalue weighted by molar-refractivity contribution is -0.0586. The molecule has 3 N–H and O–H groups in total. The van der Waals surface area contributed by atoms with E-state index in [-0.39, 0.29) is 17.0 Å². The third kappa shape index (κ3) is 5.86. The van der Waals surface area contributed by atoms with Gasteiger partial charge >= 0.3 is 0 Å². The Morgan fingerprint density at radius 3 is 2.16 bits per heavy atom. The number of nitrogens with two attached hydrogens (primary N) is 1. The molecule has 234 valence electrons. The van der Waals surface area contributed by atoms with Crippen LogP contribution in [0.25, 0.3) is 11.2 Å². The first-order valence-corrected chi connectivity index (χ1v) is 17.2. The summed E-state index contributed by atoms with van der Waals surface area (Å²) in [6.45, 7) is 7.48. The number of benzene rings is 3. The molecule has 3 aromatic carbocycles. The van der Waals surface area contributed by atoms with E-state index in [0.717, 1.165) is 11.3 Å². The summed E-state index contributed by atoms with van der Waals surface area (Å²) in [5.41, 5.74) is 8.26. The first-order valence-electron chi connectivity index (χ1n) is 15.3. The van der Waals surface area contributed by atoms with E-state index in [1.165, 1.54) is 16.7 Å². The molecule has 4 atom stereocenters. The summed E-state index contributed by atoms with van der Waals surface area (Å²) >= 11 is 0. The molecule has 5 aromatic rings. The fraction of sp³-hybridized carbons (Fsp3) is 0.343. The first-order chi connectivity index (χ1) is 21.7. The van der Waals surface area contributed by atoms with Crippen LogP contribution in [-0.4, -0.2) is 58.9 Å². The summed E-state index contributed by atoms with van der Waals surface area (Å²) < 4.78 is 21.1. The van der Waals surface area contributed by atoms with Gasteiger partial charge in [-0.15, -0.1) is 0 Å². The van der Waals surface area contributed by atoms with Gasteiger partial charge < -0.3 is 29.3 Å². The van der Waals surface area contributed by atoms with Gasteiger partial charge in [0.15, 0.2) is 11.5 Å². The van der Waals surface area contributed by atoms with Gasteiger partial charge in [-0.1, -0.05) is 93.6 Å². The molecule has 6 rings (SSSR count). The fourth-order valence-corrected chi connectivity index (χ4v) is 11.4. The molecular formula is C35H41N5O4Si. The van der Waals surface area contributed by atoms with Crippen molar-refractivity contribution in [2.24, 2.45) is 5.92 Å². The van der Waals surface area contributed by atoms with Crippen molar-refractivity contribution in [1.29, 1.82) is 0 Å². The molecule has 45 heavy (non-hydrogen) atoms. The van der Waals surface area contributed by atoms with Crippen molar-refractivity contribution < 1.29 is 19.0 Å². The number of imidazole rings is 1. The lowest BCUT2D eigenvalue weighted by atomic mass is 10.1. The van der Waals surface area contributed by atoms with Crippen LogP contribution in [0.15, 0.2) is 97.6 Å². The van der Waals surface area contributed by atoms with Gasteiger partial charge in [-0.2, -0.15) is 0 Å². The molecule has 10 heteroatoms. The highest BCUT2D eigenvalue weighted by molar-refractivity contribution is 6.99. The van der Waals surface area contributed by atoms with Crippen molar-refractivity contribution in [3.8, 4) is 5.75 Å². The topological polar surface area (TPSA) is 118 Å². The highest BCUT2D eigenvalue weighted by atomic mass is 28.4. The van der Waals surface area contributed by atoms with Crippen molar-refractivity contribution in [2.45, 2.75) is 57.1 Å². The number of rotatable bonds is 10. The normalized spacial score (nSPS) is 20.5. The number of aliphatic hydroxyl groups is 1. The second kappa shape index (κ2) is 12.7. The summed E-state index contributed by atoms with van der Waals surface area (Å²) in [7, 11) is -1.16. The fourth-order valence-electron chi connectivity index (χ4n) is 6.75. The van der Waals surface area contributed by atoms with Crippen molar-refractivity contribution in [3.63, 3.8) is 0 Å². The van der Waals surface area contributed by atoms with Gasteiger partial charge in [-0.3, -0.25) is 0 Å². The molecule has 1 saturated carbocycles. The molecule has 0 amide bonds. The van der Waals surface area contributed by atoms with Crippen LogP contribution in [0.4, 0.5) is 5.82 Å². The zero-order chi connectivity index (χ0) is 31.6. The molecule has 9 nitrogen and oxygen atoms in total. The zero-order valence-corrected chi connectivity index (χ0v) is 27.2. The average Bonchev–Trinajstić information content (AvgIpc) is 3.62. The summed E-state index contributed by atoms with van der Waals surface area (Å²) in [5.74, 6) is 0.897. The van der Waals surface area contributed by atoms with Gasteiger partial charge in [0, 0.05) is 12.5 Å². The molecule has 1 aliphatic rings. The molecule has 0 bridgehead atoms. The lowest BCUT2D eigenvalue weighted by Gasteiger charge is -2.43. The quantitative estimate of drug-likeness (QED) is 0.219. The second-order valence-corrected chi connectivity index (χ2v) is 17.0. The minimum absolute atomic E-state index is 0.183. The third-order valence-electron chi connectivity index (χ3n) is 9.02. The van der Waals surface area contributed by atoms with Crippen LogP contribution < -0.4 is 20.8 Å². The van der Waals surface area contributed by atoms with E-state index in [2.05, 4.69) is 84.3 Å². The number of aromatic nitrogens is 4. The number of ether oxygens (including phenoxy) is 2. The van der Waals surface area contributed by atoms with E-state index >= 15 is 0 Å². The molecule has 2 aromatic heterocycles. The first kappa shape index (κ1) is 30.9. The molecule has 0 aliphatic heterocycles. The number of fused-ring (bicyclic) bond motifs is 1. The van der Waals surface area contributed by atoms with E-state index in [0.29, 0.717) is 36.6 Å². The van der Waals surface area contributed by atoms with Crippen molar-refractivity contribution >= 4 is 35.7 Å². The monoisotopic (exact) mass is 623 g/mol. The molecule has 1 aliphatic carbocycles. The van der Waals surface area contributed by atoms with Gasteiger partial charge in [-0.25, -0.2) is 15.0 Å². The van der Waals surface area contributed by atoms with Crippen LogP contribution in [0.3, 0.4) is 0 Å². The minimum Gasteiger partial charge on any atom is -0.497 e. The van der Waals surface area contributed by atoms with Gasteiger partial charge in [-0.05, 0) is 39.5 Å². The van der Waals surface area contributed by atoms with Crippen LogP contribution in [0, 0.1) is 5.92 Å². The van der Waals surface area contributed by atoms with Crippen molar-refractivity contribution in [3.05, 3.63) is 103 Å². The number of hydrogen-bond acceptors (Lipinski definition) is 8. The van der Waals surface area contributed by atoms with Gasteiger partial charge in [0.2, 0.25) is 0 Å². The Morgan fingerprint density at radius 2 is 1.56 bits per heavy atom. The van der Waals surface area contributed by atoms with Gasteiger partial charge in [0.25, 0.3) is 8.32 Å². The number of anilines is 1. The highest BCUT2D eigenvalue weighted by Crippen LogP contribution is 2.42. The third-order valence-corrected chi connectivity index (χ3v) is 14.0. The Labute approximate surface area is 265 Å². The predicted octanol–water partition coefficient (Wildman–Crippen LogP) is 4.50. The highest BCUT2D eigenvalue weighted by Gasteiger charge is 2.52. The van der Waals surface area contributed by atoms with E-state index in [4.69, 9.17) is 19.6 Å². The molecule has 1 unspecified atom stereocenters. The summed E-state index contributed by atoms with van der Waals surface area (Å²) in [4.78, 5) is 13.1. The van der Waals surface area contributed by atoms with E-state index in [1.54, 1.807) is 13.4 Å². The maximum atomic E-state index is 11.9. The molecule has 0 saturated heterocycles. The maximum absolute atomic E-state index is 11.9. The second-order valence-electron chi connectivity index (χ2n) is 12.7. The zero-order valence-electron chi connectivity index (χ0n) is 26.2. The number of methoxy groups -OCH3 is 1. The van der Waals surface area contributed by atoms with Crippen molar-refractivity contribution in [2.75, 3.05) is 19.5 Å². The average molecular weight is 624 g/mol. The summed E-state index contributed by atoms with van der Waals surface area (Å²) in [5, 5.41) is 14.2. The molecule has 0 spiro atoms. The number of nitrogen functional groups attached to an aromatic ring is 1. The van der Waals surface area contributed by atoms with Crippen LogP contribution in [0.1, 0.15) is 38.8 Å². The van der Waals surface area contributed by atoms with Crippen LogP contribution in [0.2, 0.25) is 5.04 Å². The molecule has 2 heterocycles. The van der Waals surface area contributed by atoms with Crippen molar-refractivity contribution in [1.82, 2.24) is 19.5 Å². The Balaban J connectivity index is 1.34. The Morgan fingerprint density at radius 1 is 0.911 bits per heavy atom. The summed E-state index contributed by atoms with van der Waals surface area (Å²) in [6, 6.07) is 28.6. The van der Waals surface area contributed by atoms with E-state index in [9.17, 15) is 5.11 Å². The van der Waals surface area contributed by atoms with E-state index in [1.807, 2.05) is 41.0 Å². The summed E-state index contributed by atoms with van der Waals surface area (Å²) in [6.07, 6.45) is 2.46. The van der Waals surface area contributed by atoms with Crippen LogP contribution >= 0.6 is 0 Å². The molecular weight excluding hydrogens is 583 g/mol. The standard InChI is InChI=1S/C35H41N5O4Si/c1-35(2,3)45(27-11-7-5-8-12-27,28-13-9-6-10-14-28)44-21-25-19-29(40-23-39-30-33(36)37-22-38-34(30)40)32(31(25)41)43-20-24-15-17-26(42-4)18-16-24/h5-18,22-23,25,29,31-32,41H,19-21H2,1-4H3,(H2,36,37,38)/t25-,29-,31?,32-/m1/s1. The lowest BCUT2D eigenvalue weighted by Crippen LogP contribution is -2.67. The van der Waals surface area contributed by atoms with Gasteiger partial charge in [0.1, 0.15) is 23.7 Å². The Kier molecular flexibility index (Phi) is 8.74. The molecule has 1 fully saturated rings. The number of aliphatic hydroxyl groups excluding tert-OH is 1.